The van der Waals surface area contributed by atoms with Crippen LogP contribution in [0.2, 0.25) is 0 Å². The van der Waals surface area contributed by atoms with E-state index < -0.39 is 5.91 Å². The van der Waals surface area contributed by atoms with Gasteiger partial charge in [0.05, 0.1) is 12.2 Å². The fourth-order valence-electron chi connectivity index (χ4n) is 2.33. The molecule has 2 heterocycles. The number of carbonyl (C=O) groups excluding carboxylic acids is 2. The van der Waals surface area contributed by atoms with Gasteiger partial charge < -0.3 is 20.4 Å². The SMILES string of the molecule is Cn1cc(C(N)=O)cc1C(=O)NCc1ccnc(OCC2CC2)c1. The molecule has 24 heavy (non-hydrogen) atoms. The first kappa shape index (κ1) is 16.0. The van der Waals surface area contributed by atoms with E-state index in [-0.39, 0.29) is 5.91 Å². The van der Waals surface area contributed by atoms with E-state index in [1.807, 2.05) is 12.1 Å². The standard InChI is InChI=1S/C17H20N4O3/c1-21-9-13(16(18)22)7-14(21)17(23)20-8-12-4-5-19-15(6-12)24-10-11-2-3-11/h4-7,9,11H,2-3,8,10H2,1H3,(H2,18,22)(H,20,23). The van der Waals surface area contributed by atoms with Crippen LogP contribution in [0.25, 0.3) is 0 Å². The van der Waals surface area contributed by atoms with E-state index in [2.05, 4.69) is 10.3 Å². The van der Waals surface area contributed by atoms with Crippen molar-refractivity contribution in [2.24, 2.45) is 18.7 Å². The van der Waals surface area contributed by atoms with Crippen molar-refractivity contribution in [2.45, 2.75) is 19.4 Å². The smallest absolute Gasteiger partial charge is 0.268 e. The minimum Gasteiger partial charge on any atom is -0.477 e. The van der Waals surface area contributed by atoms with E-state index in [0.717, 1.165) is 5.56 Å². The Labute approximate surface area is 139 Å². The highest BCUT2D eigenvalue weighted by Crippen LogP contribution is 2.29. The van der Waals surface area contributed by atoms with E-state index in [4.69, 9.17) is 10.5 Å². The topological polar surface area (TPSA) is 99.2 Å². The lowest BCUT2D eigenvalue weighted by atomic mass is 10.2. The van der Waals surface area contributed by atoms with Crippen LogP contribution in [0.5, 0.6) is 5.88 Å². The molecule has 0 radical (unpaired) electrons. The maximum absolute atomic E-state index is 12.3. The van der Waals surface area contributed by atoms with Crippen molar-refractivity contribution < 1.29 is 14.3 Å². The number of pyridine rings is 1. The minimum absolute atomic E-state index is 0.276. The van der Waals surface area contributed by atoms with Crippen molar-refractivity contribution in [1.29, 1.82) is 0 Å². The number of hydrogen-bond acceptors (Lipinski definition) is 4. The number of amides is 2. The van der Waals surface area contributed by atoms with Gasteiger partial charge in [0, 0.05) is 32.1 Å². The molecule has 3 N–H and O–H groups in total. The number of ether oxygens (including phenoxy) is 1. The zero-order valence-electron chi connectivity index (χ0n) is 13.5. The molecule has 0 saturated heterocycles. The van der Waals surface area contributed by atoms with Gasteiger partial charge >= 0.3 is 0 Å². The number of aromatic nitrogens is 2. The molecule has 0 aliphatic heterocycles. The maximum atomic E-state index is 12.3. The van der Waals surface area contributed by atoms with Gasteiger partial charge in [0.15, 0.2) is 0 Å². The molecule has 1 aliphatic carbocycles. The highest BCUT2D eigenvalue weighted by atomic mass is 16.5. The third-order valence-corrected chi connectivity index (χ3v) is 3.94. The lowest BCUT2D eigenvalue weighted by molar-refractivity contribution is 0.0942. The van der Waals surface area contributed by atoms with Gasteiger partial charge in [-0.3, -0.25) is 9.59 Å². The van der Waals surface area contributed by atoms with Crippen molar-refractivity contribution in [3.05, 3.63) is 47.4 Å². The van der Waals surface area contributed by atoms with Crippen LogP contribution in [0.3, 0.4) is 0 Å². The van der Waals surface area contributed by atoms with Gasteiger partial charge in [-0.15, -0.1) is 0 Å². The second-order valence-electron chi connectivity index (χ2n) is 6.03. The van der Waals surface area contributed by atoms with E-state index in [0.29, 0.717) is 36.2 Å². The second kappa shape index (κ2) is 6.74. The van der Waals surface area contributed by atoms with E-state index in [9.17, 15) is 9.59 Å². The molecule has 0 atom stereocenters. The highest BCUT2D eigenvalue weighted by Gasteiger charge is 2.22. The third-order valence-electron chi connectivity index (χ3n) is 3.94. The predicted molar refractivity (Wildman–Crippen MR) is 87.6 cm³/mol. The molecule has 3 rings (SSSR count). The average molecular weight is 328 g/mol. The van der Waals surface area contributed by atoms with Crippen LogP contribution >= 0.6 is 0 Å². The molecular formula is C17H20N4O3. The first-order valence-corrected chi connectivity index (χ1v) is 7.85. The number of primary amides is 1. The molecule has 0 spiro atoms. The summed E-state index contributed by atoms with van der Waals surface area (Å²) in [5, 5.41) is 2.82. The molecule has 1 aliphatic rings. The molecular weight excluding hydrogens is 308 g/mol. The van der Waals surface area contributed by atoms with Gasteiger partial charge in [0.2, 0.25) is 11.8 Å². The number of aryl methyl sites for hydroxylation is 1. The molecule has 0 bridgehead atoms. The van der Waals surface area contributed by atoms with Crippen molar-refractivity contribution in [2.75, 3.05) is 6.61 Å². The number of hydrogen-bond donors (Lipinski definition) is 2. The lowest BCUT2D eigenvalue weighted by Crippen LogP contribution is -2.24. The second-order valence-corrected chi connectivity index (χ2v) is 6.03. The number of rotatable bonds is 7. The van der Waals surface area contributed by atoms with Gasteiger partial charge in [-0.2, -0.15) is 0 Å². The molecule has 126 valence electrons. The Kier molecular flexibility index (Phi) is 4.50. The summed E-state index contributed by atoms with van der Waals surface area (Å²) < 4.78 is 7.21. The summed E-state index contributed by atoms with van der Waals surface area (Å²) in [5.74, 6) is 0.397. The minimum atomic E-state index is -0.559. The number of nitrogens with zero attached hydrogens (tertiary/aromatic N) is 2. The van der Waals surface area contributed by atoms with Crippen LogP contribution in [0.1, 0.15) is 39.3 Å². The quantitative estimate of drug-likeness (QED) is 0.798. The molecule has 0 aromatic carbocycles. The molecule has 1 saturated carbocycles. The molecule has 2 aromatic rings. The number of nitrogens with one attached hydrogen (secondary N) is 1. The molecule has 2 aromatic heterocycles. The third kappa shape index (κ3) is 3.92. The Morgan fingerprint density at radius 3 is 2.88 bits per heavy atom. The lowest BCUT2D eigenvalue weighted by Gasteiger charge is -2.08. The molecule has 7 nitrogen and oxygen atoms in total. The zero-order valence-corrected chi connectivity index (χ0v) is 13.5. The average Bonchev–Trinajstić information content (AvgIpc) is 3.31. The van der Waals surface area contributed by atoms with Gasteiger partial charge in [0.1, 0.15) is 5.69 Å². The number of carbonyl (C=O) groups is 2. The summed E-state index contributed by atoms with van der Waals surface area (Å²) in [6, 6.07) is 5.13. The van der Waals surface area contributed by atoms with Crippen LogP contribution in [-0.2, 0) is 13.6 Å². The molecule has 0 unspecified atom stereocenters. The predicted octanol–water partition coefficient (Wildman–Crippen LogP) is 1.24. The fraction of sp³-hybridized carbons (Fsp3) is 0.353. The van der Waals surface area contributed by atoms with Crippen molar-refractivity contribution in [3.8, 4) is 5.88 Å². The van der Waals surface area contributed by atoms with Crippen molar-refractivity contribution >= 4 is 11.8 Å². The van der Waals surface area contributed by atoms with Gasteiger partial charge in [-0.1, -0.05) is 0 Å². The van der Waals surface area contributed by atoms with Crippen molar-refractivity contribution in [3.63, 3.8) is 0 Å². The first-order valence-electron chi connectivity index (χ1n) is 7.85. The summed E-state index contributed by atoms with van der Waals surface area (Å²) in [7, 11) is 1.69. The van der Waals surface area contributed by atoms with Crippen LogP contribution < -0.4 is 15.8 Å². The molecule has 7 heteroatoms. The van der Waals surface area contributed by atoms with E-state index >= 15 is 0 Å². The van der Waals surface area contributed by atoms with Gasteiger partial charge in [-0.05, 0) is 36.5 Å². The van der Waals surface area contributed by atoms with Crippen LogP contribution in [-0.4, -0.2) is 28.0 Å². The monoisotopic (exact) mass is 328 g/mol. The molecule has 1 fully saturated rings. The maximum Gasteiger partial charge on any atom is 0.268 e. The number of nitrogens with two attached hydrogens (primary N) is 1. The Morgan fingerprint density at radius 2 is 2.21 bits per heavy atom. The van der Waals surface area contributed by atoms with Crippen LogP contribution in [0.4, 0.5) is 0 Å². The summed E-state index contributed by atoms with van der Waals surface area (Å²) in [4.78, 5) is 27.6. The fourth-order valence-corrected chi connectivity index (χ4v) is 2.33. The summed E-state index contributed by atoms with van der Waals surface area (Å²) in [6.45, 7) is 1.04. The van der Waals surface area contributed by atoms with Gasteiger partial charge in [0.25, 0.3) is 5.91 Å². The summed E-state index contributed by atoms with van der Waals surface area (Å²) >= 11 is 0. The summed E-state index contributed by atoms with van der Waals surface area (Å²) in [6.07, 6.45) is 5.64. The Balaban J connectivity index is 1.59. The molecule has 2 amide bonds. The van der Waals surface area contributed by atoms with Crippen LogP contribution in [0.15, 0.2) is 30.6 Å². The Bertz CT molecular complexity index is 765. The Hall–Kier alpha value is -2.83. The Morgan fingerprint density at radius 1 is 1.42 bits per heavy atom. The summed E-state index contributed by atoms with van der Waals surface area (Å²) in [5.41, 5.74) is 6.81. The largest absolute Gasteiger partial charge is 0.477 e. The van der Waals surface area contributed by atoms with E-state index in [1.165, 1.54) is 25.1 Å². The normalized spacial score (nSPS) is 13.5. The van der Waals surface area contributed by atoms with Crippen molar-refractivity contribution in [1.82, 2.24) is 14.9 Å². The highest BCUT2D eigenvalue weighted by molar-refractivity contribution is 5.98. The van der Waals surface area contributed by atoms with E-state index in [1.54, 1.807) is 17.8 Å². The van der Waals surface area contributed by atoms with Crippen LogP contribution in [0, 0.1) is 5.92 Å². The first-order chi connectivity index (χ1) is 11.5. The zero-order chi connectivity index (χ0) is 17.1. The van der Waals surface area contributed by atoms with Gasteiger partial charge in [-0.25, -0.2) is 4.98 Å².